The standard InChI is InChI=1S/C14H19BrClN3O/c15-13-7-11(16)2-1-10(13)8-18-12-3-5-19(6-4-12)9-14(17)20/h1-2,7,12,18H,3-6,8-9H2,(H2,17,20). The number of carbonyl (C=O) groups excluding carboxylic acids is 1. The number of primary amides is 1. The molecule has 1 heterocycles. The second-order valence-corrected chi connectivity index (χ2v) is 6.42. The van der Waals surface area contributed by atoms with Gasteiger partial charge in [-0.15, -0.1) is 0 Å². The van der Waals surface area contributed by atoms with Crippen LogP contribution in [-0.2, 0) is 11.3 Å². The number of likely N-dealkylation sites (tertiary alicyclic amines) is 1. The average Bonchev–Trinajstić information content (AvgIpc) is 2.39. The second kappa shape index (κ2) is 7.41. The monoisotopic (exact) mass is 359 g/mol. The Balaban J connectivity index is 1.77. The molecule has 3 N–H and O–H groups in total. The first kappa shape index (κ1) is 15.8. The maximum atomic E-state index is 10.9. The van der Waals surface area contributed by atoms with Crippen LogP contribution in [0.25, 0.3) is 0 Å². The van der Waals surface area contributed by atoms with Gasteiger partial charge in [0.25, 0.3) is 0 Å². The molecule has 2 rings (SSSR count). The first-order chi connectivity index (χ1) is 9.54. The van der Waals surface area contributed by atoms with Gasteiger partial charge < -0.3 is 11.1 Å². The summed E-state index contributed by atoms with van der Waals surface area (Å²) in [7, 11) is 0. The third kappa shape index (κ3) is 4.74. The zero-order valence-electron chi connectivity index (χ0n) is 11.2. The third-order valence-electron chi connectivity index (χ3n) is 3.56. The second-order valence-electron chi connectivity index (χ2n) is 5.13. The maximum Gasteiger partial charge on any atom is 0.231 e. The number of rotatable bonds is 5. The van der Waals surface area contributed by atoms with E-state index >= 15 is 0 Å². The lowest BCUT2D eigenvalue weighted by atomic mass is 10.0. The zero-order valence-corrected chi connectivity index (χ0v) is 13.6. The van der Waals surface area contributed by atoms with E-state index in [1.807, 2.05) is 18.2 Å². The minimum atomic E-state index is -0.249. The minimum absolute atomic E-state index is 0.249. The molecule has 20 heavy (non-hydrogen) atoms. The SMILES string of the molecule is NC(=O)CN1CCC(NCc2ccc(Cl)cc2Br)CC1. The fourth-order valence-corrected chi connectivity index (χ4v) is 3.26. The van der Waals surface area contributed by atoms with Gasteiger partial charge in [-0.1, -0.05) is 33.6 Å². The highest BCUT2D eigenvalue weighted by atomic mass is 79.9. The Bertz CT molecular complexity index is 475. The van der Waals surface area contributed by atoms with Crippen molar-refractivity contribution in [1.82, 2.24) is 10.2 Å². The Kier molecular flexibility index (Phi) is 5.84. The first-order valence-corrected chi connectivity index (χ1v) is 7.89. The van der Waals surface area contributed by atoms with Crippen molar-refractivity contribution in [3.63, 3.8) is 0 Å². The largest absolute Gasteiger partial charge is 0.369 e. The molecule has 0 aromatic heterocycles. The number of nitrogens with one attached hydrogen (secondary N) is 1. The van der Waals surface area contributed by atoms with Crippen LogP contribution in [0.2, 0.25) is 5.02 Å². The predicted molar refractivity (Wildman–Crippen MR) is 84.6 cm³/mol. The fourth-order valence-electron chi connectivity index (χ4n) is 2.43. The fraction of sp³-hybridized carbons (Fsp3) is 0.500. The van der Waals surface area contributed by atoms with E-state index in [0.29, 0.717) is 12.6 Å². The zero-order chi connectivity index (χ0) is 14.5. The third-order valence-corrected chi connectivity index (χ3v) is 4.54. The van der Waals surface area contributed by atoms with Crippen molar-refractivity contribution in [2.45, 2.75) is 25.4 Å². The molecular weight excluding hydrogens is 342 g/mol. The summed E-state index contributed by atoms with van der Waals surface area (Å²) in [4.78, 5) is 13.0. The highest BCUT2D eigenvalue weighted by Gasteiger charge is 2.19. The number of halogens is 2. The number of benzene rings is 1. The number of hydrogen-bond acceptors (Lipinski definition) is 3. The Labute approximate surface area is 132 Å². The van der Waals surface area contributed by atoms with Crippen molar-refractivity contribution < 1.29 is 4.79 Å². The minimum Gasteiger partial charge on any atom is -0.369 e. The van der Waals surface area contributed by atoms with E-state index in [2.05, 4.69) is 26.1 Å². The van der Waals surface area contributed by atoms with Gasteiger partial charge in [0.2, 0.25) is 5.91 Å². The van der Waals surface area contributed by atoms with Gasteiger partial charge in [-0.2, -0.15) is 0 Å². The number of carbonyl (C=O) groups is 1. The molecule has 0 saturated carbocycles. The van der Waals surface area contributed by atoms with Gasteiger partial charge in [-0.3, -0.25) is 9.69 Å². The van der Waals surface area contributed by atoms with Crippen LogP contribution >= 0.6 is 27.5 Å². The van der Waals surface area contributed by atoms with Crippen molar-refractivity contribution in [3.8, 4) is 0 Å². The normalized spacial score (nSPS) is 17.3. The van der Waals surface area contributed by atoms with E-state index in [1.165, 1.54) is 5.56 Å². The van der Waals surface area contributed by atoms with Gasteiger partial charge >= 0.3 is 0 Å². The van der Waals surface area contributed by atoms with Crippen molar-refractivity contribution in [3.05, 3.63) is 33.3 Å². The number of nitrogens with two attached hydrogens (primary N) is 1. The summed E-state index contributed by atoms with van der Waals surface area (Å²) in [6.45, 7) is 3.03. The van der Waals surface area contributed by atoms with Gasteiger partial charge in [0, 0.05) is 35.2 Å². The van der Waals surface area contributed by atoms with E-state index in [4.69, 9.17) is 17.3 Å². The molecule has 0 spiro atoms. The van der Waals surface area contributed by atoms with Crippen LogP contribution in [-0.4, -0.2) is 36.5 Å². The molecule has 1 fully saturated rings. The van der Waals surface area contributed by atoms with Crippen molar-refractivity contribution in [2.75, 3.05) is 19.6 Å². The van der Waals surface area contributed by atoms with Crippen LogP contribution in [0.5, 0.6) is 0 Å². The smallest absolute Gasteiger partial charge is 0.231 e. The molecule has 1 aliphatic rings. The molecule has 0 unspecified atom stereocenters. The molecule has 0 aliphatic carbocycles. The van der Waals surface area contributed by atoms with E-state index in [9.17, 15) is 4.79 Å². The summed E-state index contributed by atoms with van der Waals surface area (Å²) in [5, 5.41) is 4.29. The molecule has 1 saturated heterocycles. The summed E-state index contributed by atoms with van der Waals surface area (Å²) in [5.41, 5.74) is 6.41. The van der Waals surface area contributed by atoms with Crippen LogP contribution in [0, 0.1) is 0 Å². The molecule has 0 atom stereocenters. The number of amides is 1. The van der Waals surface area contributed by atoms with Gasteiger partial charge in [-0.05, 0) is 30.5 Å². The van der Waals surface area contributed by atoms with Gasteiger partial charge in [0.1, 0.15) is 0 Å². The number of piperidine rings is 1. The van der Waals surface area contributed by atoms with Gasteiger partial charge in [-0.25, -0.2) is 0 Å². The predicted octanol–water partition coefficient (Wildman–Crippen LogP) is 2.14. The Morgan fingerprint density at radius 3 is 2.75 bits per heavy atom. The molecule has 1 amide bonds. The van der Waals surface area contributed by atoms with E-state index in [0.717, 1.165) is 42.0 Å². The molecule has 1 aromatic rings. The van der Waals surface area contributed by atoms with Gasteiger partial charge in [0.05, 0.1) is 6.54 Å². The highest BCUT2D eigenvalue weighted by molar-refractivity contribution is 9.10. The Morgan fingerprint density at radius 1 is 1.45 bits per heavy atom. The Hall–Kier alpha value is -0.620. The molecular formula is C14H19BrClN3O. The quantitative estimate of drug-likeness (QED) is 0.846. The molecule has 6 heteroatoms. The first-order valence-electron chi connectivity index (χ1n) is 6.72. The molecule has 0 bridgehead atoms. The van der Waals surface area contributed by atoms with Crippen LogP contribution in [0.1, 0.15) is 18.4 Å². The van der Waals surface area contributed by atoms with Crippen LogP contribution in [0.3, 0.4) is 0 Å². The number of nitrogens with zero attached hydrogens (tertiary/aromatic N) is 1. The molecule has 110 valence electrons. The highest BCUT2D eigenvalue weighted by Crippen LogP contribution is 2.22. The molecule has 1 aliphatic heterocycles. The van der Waals surface area contributed by atoms with Crippen molar-refractivity contribution in [1.29, 1.82) is 0 Å². The average molecular weight is 361 g/mol. The summed E-state index contributed by atoms with van der Waals surface area (Å²) in [6, 6.07) is 6.33. The van der Waals surface area contributed by atoms with Gasteiger partial charge in [0.15, 0.2) is 0 Å². The van der Waals surface area contributed by atoms with Crippen LogP contribution in [0.15, 0.2) is 22.7 Å². The van der Waals surface area contributed by atoms with E-state index in [-0.39, 0.29) is 5.91 Å². The van der Waals surface area contributed by atoms with E-state index in [1.54, 1.807) is 0 Å². The number of hydrogen-bond donors (Lipinski definition) is 2. The lowest BCUT2D eigenvalue weighted by molar-refractivity contribution is -0.119. The topological polar surface area (TPSA) is 58.4 Å². The van der Waals surface area contributed by atoms with Crippen molar-refractivity contribution >= 4 is 33.4 Å². The van der Waals surface area contributed by atoms with Crippen LogP contribution in [0.4, 0.5) is 0 Å². The van der Waals surface area contributed by atoms with Crippen LogP contribution < -0.4 is 11.1 Å². The van der Waals surface area contributed by atoms with Crippen molar-refractivity contribution in [2.24, 2.45) is 5.73 Å². The molecule has 1 aromatic carbocycles. The summed E-state index contributed by atoms with van der Waals surface area (Å²) in [6.07, 6.45) is 2.08. The lowest BCUT2D eigenvalue weighted by Crippen LogP contribution is -2.45. The summed E-state index contributed by atoms with van der Waals surface area (Å²) in [5.74, 6) is -0.249. The lowest BCUT2D eigenvalue weighted by Gasteiger charge is -2.31. The van der Waals surface area contributed by atoms with E-state index < -0.39 is 0 Å². The molecule has 0 radical (unpaired) electrons. The molecule has 4 nitrogen and oxygen atoms in total. The Morgan fingerprint density at radius 2 is 2.15 bits per heavy atom. The summed E-state index contributed by atoms with van der Waals surface area (Å²) < 4.78 is 1.03. The summed E-state index contributed by atoms with van der Waals surface area (Å²) >= 11 is 9.45. The maximum absolute atomic E-state index is 10.9.